The summed E-state index contributed by atoms with van der Waals surface area (Å²) in [7, 11) is 5.80. The van der Waals surface area contributed by atoms with E-state index in [-0.39, 0.29) is 5.91 Å². The zero-order chi connectivity index (χ0) is 26.9. The van der Waals surface area contributed by atoms with E-state index in [1.807, 2.05) is 81.2 Å². The number of benzene rings is 1. The fraction of sp³-hybridized carbons (Fsp3) is 0.133. The monoisotopic (exact) mass is 517 g/mol. The lowest BCUT2D eigenvalue weighted by Gasteiger charge is -2.11. The van der Waals surface area contributed by atoms with Crippen molar-refractivity contribution in [3.8, 4) is 33.4 Å². The van der Waals surface area contributed by atoms with Crippen molar-refractivity contribution in [3.05, 3.63) is 85.8 Å². The first-order chi connectivity index (χ1) is 18.9. The molecule has 9 heteroatoms. The van der Waals surface area contributed by atoms with E-state index < -0.39 is 0 Å². The van der Waals surface area contributed by atoms with E-state index in [0.29, 0.717) is 17.9 Å². The second-order valence-electron chi connectivity index (χ2n) is 9.68. The molecule has 0 atom stereocenters. The van der Waals surface area contributed by atoms with E-state index in [0.717, 1.165) is 49.8 Å². The van der Waals surface area contributed by atoms with Crippen LogP contribution in [-0.4, -0.2) is 56.2 Å². The predicted molar refractivity (Wildman–Crippen MR) is 153 cm³/mol. The van der Waals surface area contributed by atoms with Gasteiger partial charge in [0.15, 0.2) is 0 Å². The number of furan rings is 1. The van der Waals surface area contributed by atoms with Crippen molar-refractivity contribution >= 4 is 33.7 Å². The Morgan fingerprint density at radius 2 is 1.87 bits per heavy atom. The lowest BCUT2D eigenvalue weighted by molar-refractivity contribution is -0.111. The van der Waals surface area contributed by atoms with Gasteiger partial charge in [-0.05, 0) is 67.2 Å². The Labute approximate surface area is 224 Å². The molecule has 0 aliphatic rings. The summed E-state index contributed by atoms with van der Waals surface area (Å²) < 4.78 is 7.27. The molecule has 0 radical (unpaired) electrons. The molecule has 0 spiro atoms. The number of H-pyrrole nitrogens is 1. The number of pyridine rings is 2. The molecule has 0 aliphatic heterocycles. The zero-order valence-electron chi connectivity index (χ0n) is 21.8. The molecule has 39 heavy (non-hydrogen) atoms. The molecule has 1 aromatic carbocycles. The van der Waals surface area contributed by atoms with Crippen molar-refractivity contribution in [1.82, 2.24) is 29.6 Å². The first-order valence-electron chi connectivity index (χ1n) is 12.5. The van der Waals surface area contributed by atoms with Gasteiger partial charge in [-0.25, -0.2) is 9.97 Å². The number of hydrogen-bond acceptors (Lipinski definition) is 6. The van der Waals surface area contributed by atoms with Crippen molar-refractivity contribution in [1.29, 1.82) is 0 Å². The van der Waals surface area contributed by atoms with Crippen LogP contribution in [0, 0.1) is 0 Å². The van der Waals surface area contributed by atoms with Crippen LogP contribution in [0.25, 0.3) is 55.5 Å². The minimum Gasteiger partial charge on any atom is -0.446 e. The van der Waals surface area contributed by atoms with Crippen LogP contribution < -0.4 is 5.32 Å². The van der Waals surface area contributed by atoms with Gasteiger partial charge in [-0.3, -0.25) is 9.48 Å². The number of hydrogen-bond donors (Lipinski definition) is 2. The van der Waals surface area contributed by atoms with Crippen LogP contribution >= 0.6 is 0 Å². The number of likely N-dealkylation sites (N-methyl/N-ethyl adjacent to an activating group) is 1. The lowest BCUT2D eigenvalue weighted by Crippen LogP contribution is -2.13. The van der Waals surface area contributed by atoms with Gasteiger partial charge >= 0.3 is 0 Å². The molecule has 9 nitrogen and oxygen atoms in total. The van der Waals surface area contributed by atoms with Gasteiger partial charge in [0.2, 0.25) is 11.6 Å². The first-order valence-corrected chi connectivity index (χ1v) is 12.5. The average Bonchev–Trinajstić information content (AvgIpc) is 3.67. The molecule has 1 amide bonds. The second-order valence-corrected chi connectivity index (χ2v) is 9.68. The number of nitrogens with zero attached hydrogens (tertiary/aromatic N) is 5. The molecule has 0 saturated carbocycles. The number of carbonyl (C=O) groups is 1. The van der Waals surface area contributed by atoms with E-state index in [9.17, 15) is 4.79 Å². The number of nitrogens with one attached hydrogen (secondary N) is 2. The molecule has 0 aliphatic carbocycles. The summed E-state index contributed by atoms with van der Waals surface area (Å²) in [5.74, 6) is -0.186. The van der Waals surface area contributed by atoms with Gasteiger partial charge in [-0.2, -0.15) is 5.10 Å². The number of rotatable bonds is 7. The van der Waals surface area contributed by atoms with Gasteiger partial charge in [-0.15, -0.1) is 0 Å². The van der Waals surface area contributed by atoms with Crippen LogP contribution in [0.2, 0.25) is 0 Å². The van der Waals surface area contributed by atoms with Crippen LogP contribution in [-0.2, 0) is 11.8 Å². The van der Waals surface area contributed by atoms with E-state index in [4.69, 9.17) is 9.40 Å². The molecule has 0 saturated heterocycles. The Hall–Kier alpha value is -5.02. The number of carbonyl (C=O) groups excluding carboxylic acids is 1. The minimum atomic E-state index is -0.186. The molecule has 194 valence electrons. The van der Waals surface area contributed by atoms with Crippen molar-refractivity contribution < 1.29 is 9.21 Å². The standard InChI is InChI=1S/C30H27N7O2/c1-36(2)9-4-5-28(38)35-23-12-19(11-20(13-23)22-16-34-37(3)18-22)21-14-26-27(17-33-29(26)32-15-21)24-6-8-31-30-25(24)7-10-39-30/h4-8,10-18H,9H2,1-3H3,(H,32,33)(H,35,38)/b5-4+. The maximum Gasteiger partial charge on any atom is 0.248 e. The molecular weight excluding hydrogens is 490 g/mol. The molecule has 5 aromatic heterocycles. The van der Waals surface area contributed by atoms with Gasteiger partial charge < -0.3 is 19.6 Å². The number of aromatic nitrogens is 5. The fourth-order valence-corrected chi connectivity index (χ4v) is 4.65. The molecular formula is C30H27N7O2. The van der Waals surface area contributed by atoms with Gasteiger partial charge in [0.25, 0.3) is 0 Å². The smallest absolute Gasteiger partial charge is 0.248 e. The summed E-state index contributed by atoms with van der Waals surface area (Å²) in [6, 6.07) is 12.0. The molecule has 2 N–H and O–H groups in total. The highest BCUT2D eigenvalue weighted by molar-refractivity contribution is 6.04. The second kappa shape index (κ2) is 10.0. The van der Waals surface area contributed by atoms with Crippen molar-refractivity contribution in [3.63, 3.8) is 0 Å². The maximum absolute atomic E-state index is 12.7. The molecule has 0 unspecified atom stereocenters. The van der Waals surface area contributed by atoms with E-state index in [2.05, 4.69) is 32.5 Å². The highest BCUT2D eigenvalue weighted by Crippen LogP contribution is 2.36. The van der Waals surface area contributed by atoms with Crippen LogP contribution in [0.5, 0.6) is 0 Å². The number of amides is 1. The van der Waals surface area contributed by atoms with Gasteiger partial charge in [0.05, 0.1) is 12.5 Å². The van der Waals surface area contributed by atoms with Crippen LogP contribution in [0.1, 0.15) is 0 Å². The van der Waals surface area contributed by atoms with Crippen LogP contribution in [0.3, 0.4) is 0 Å². The van der Waals surface area contributed by atoms with Crippen LogP contribution in [0.4, 0.5) is 5.69 Å². The quantitative estimate of drug-likeness (QED) is 0.271. The fourth-order valence-electron chi connectivity index (χ4n) is 4.65. The summed E-state index contributed by atoms with van der Waals surface area (Å²) >= 11 is 0. The van der Waals surface area contributed by atoms with Gasteiger partial charge in [0.1, 0.15) is 5.65 Å². The Bertz CT molecular complexity index is 1840. The molecule has 5 heterocycles. The van der Waals surface area contributed by atoms with Crippen molar-refractivity contribution in [2.45, 2.75) is 0 Å². The third-order valence-corrected chi connectivity index (χ3v) is 6.50. The summed E-state index contributed by atoms with van der Waals surface area (Å²) in [5.41, 5.74) is 7.83. The topological polar surface area (TPSA) is 105 Å². The van der Waals surface area contributed by atoms with Crippen LogP contribution in [0.15, 0.2) is 90.2 Å². The summed E-state index contributed by atoms with van der Waals surface area (Å²) in [5, 5.41) is 9.26. The van der Waals surface area contributed by atoms with E-state index in [1.165, 1.54) is 0 Å². The molecule has 0 bridgehead atoms. The van der Waals surface area contributed by atoms with E-state index in [1.54, 1.807) is 23.2 Å². The van der Waals surface area contributed by atoms with Gasteiger partial charge in [-0.1, -0.05) is 6.08 Å². The Kier molecular flexibility index (Phi) is 6.26. The third-order valence-electron chi connectivity index (χ3n) is 6.50. The normalized spacial score (nSPS) is 11.8. The summed E-state index contributed by atoms with van der Waals surface area (Å²) in [6.07, 6.45) is 14.4. The minimum absolute atomic E-state index is 0.186. The Morgan fingerprint density at radius 3 is 2.67 bits per heavy atom. The molecule has 6 rings (SSSR count). The molecule has 0 fully saturated rings. The number of fused-ring (bicyclic) bond motifs is 2. The number of aromatic amines is 1. The highest BCUT2D eigenvalue weighted by atomic mass is 16.3. The largest absolute Gasteiger partial charge is 0.446 e. The Balaban J connectivity index is 1.43. The zero-order valence-corrected chi connectivity index (χ0v) is 21.8. The van der Waals surface area contributed by atoms with Crippen molar-refractivity contribution in [2.75, 3.05) is 26.0 Å². The molecule has 6 aromatic rings. The first kappa shape index (κ1) is 24.3. The van der Waals surface area contributed by atoms with Crippen molar-refractivity contribution in [2.24, 2.45) is 7.05 Å². The van der Waals surface area contributed by atoms with E-state index >= 15 is 0 Å². The van der Waals surface area contributed by atoms with Gasteiger partial charge in [0, 0.05) is 77.6 Å². The maximum atomic E-state index is 12.7. The summed E-state index contributed by atoms with van der Waals surface area (Å²) in [6.45, 7) is 0.682. The summed E-state index contributed by atoms with van der Waals surface area (Å²) in [4.78, 5) is 27.0. The highest BCUT2D eigenvalue weighted by Gasteiger charge is 2.15. The predicted octanol–water partition coefficient (Wildman–Crippen LogP) is 5.49. The average molecular weight is 518 g/mol. The Morgan fingerprint density at radius 1 is 1.03 bits per heavy atom. The lowest BCUT2D eigenvalue weighted by atomic mass is 9.98. The third kappa shape index (κ3) is 4.95. The SMILES string of the molecule is CN(C)C/C=C/C(=O)Nc1cc(-c2cnc3[nH]cc(-c4ccnc5occc45)c3c2)cc(-c2cnn(C)c2)c1. The number of aryl methyl sites for hydroxylation is 1. The number of anilines is 1.